The van der Waals surface area contributed by atoms with E-state index >= 15 is 0 Å². The molecule has 2 fully saturated rings. The molecule has 2 saturated heterocycles. The fraction of sp³-hybridized carbons (Fsp3) is 0.765. The highest BCUT2D eigenvalue weighted by atomic mass is 32.2. The average molecular weight is 384 g/mol. The summed E-state index contributed by atoms with van der Waals surface area (Å²) < 4.78 is 25.5. The van der Waals surface area contributed by atoms with Gasteiger partial charge in [-0.05, 0) is 27.2 Å². The molecule has 0 aliphatic carbocycles. The van der Waals surface area contributed by atoms with Crippen LogP contribution in [-0.2, 0) is 14.6 Å². The topological polar surface area (TPSA) is 87.5 Å². The van der Waals surface area contributed by atoms with Crippen molar-refractivity contribution >= 4 is 21.4 Å². The van der Waals surface area contributed by atoms with E-state index in [1.54, 1.807) is 0 Å². The van der Waals surface area contributed by atoms with Crippen LogP contribution in [0.25, 0.3) is 0 Å². The van der Waals surface area contributed by atoms with Crippen LogP contribution < -0.4 is 10.2 Å². The molecule has 9 heteroatoms. The molecule has 0 radical (unpaired) electrons. The number of piperazine rings is 1. The third kappa shape index (κ3) is 4.03. The Kier molecular flexibility index (Phi) is 5.57. The molecule has 2 aliphatic rings. The standard InChI is InChI=1S/C17H29N5O3S/c1-4-18-16(23)11-20-6-8-21(9-7-20)17-13(2)19-22(14(17)3)15-5-10-26(24,25)12-15/h15H,4-12H2,1-3H3,(H,18,23). The number of sulfone groups is 1. The molecule has 1 N–H and O–H groups in total. The third-order valence-electron chi connectivity index (χ3n) is 5.27. The van der Waals surface area contributed by atoms with Gasteiger partial charge < -0.3 is 10.2 Å². The lowest BCUT2D eigenvalue weighted by molar-refractivity contribution is -0.122. The first kappa shape index (κ1) is 19.2. The monoisotopic (exact) mass is 383 g/mol. The Bertz CT molecular complexity index is 766. The molecule has 0 spiro atoms. The fourth-order valence-corrected chi connectivity index (χ4v) is 5.71. The first-order chi connectivity index (χ1) is 12.3. The quantitative estimate of drug-likeness (QED) is 0.777. The number of nitrogens with one attached hydrogen (secondary N) is 1. The van der Waals surface area contributed by atoms with Gasteiger partial charge in [0.2, 0.25) is 5.91 Å². The maximum Gasteiger partial charge on any atom is 0.234 e. The molecule has 0 aromatic carbocycles. The van der Waals surface area contributed by atoms with Gasteiger partial charge in [0.25, 0.3) is 0 Å². The average Bonchev–Trinajstić information content (AvgIpc) is 3.08. The number of carbonyl (C=O) groups excluding carboxylic acids is 1. The summed E-state index contributed by atoms with van der Waals surface area (Å²) in [5, 5.41) is 7.50. The molecule has 1 atom stereocenters. The van der Waals surface area contributed by atoms with E-state index in [0.29, 0.717) is 19.5 Å². The highest BCUT2D eigenvalue weighted by Gasteiger charge is 2.32. The lowest BCUT2D eigenvalue weighted by Gasteiger charge is -2.35. The van der Waals surface area contributed by atoms with E-state index in [2.05, 4.69) is 20.2 Å². The van der Waals surface area contributed by atoms with Crippen molar-refractivity contribution in [2.45, 2.75) is 33.2 Å². The molecule has 26 heavy (non-hydrogen) atoms. The molecule has 1 aromatic heterocycles. The van der Waals surface area contributed by atoms with E-state index in [0.717, 1.165) is 43.3 Å². The summed E-state index contributed by atoms with van der Waals surface area (Å²) >= 11 is 0. The fourth-order valence-electron chi connectivity index (χ4n) is 4.02. The molecule has 3 heterocycles. The summed E-state index contributed by atoms with van der Waals surface area (Å²) in [5.74, 6) is 0.516. The number of amides is 1. The van der Waals surface area contributed by atoms with Crippen LogP contribution in [0.4, 0.5) is 5.69 Å². The number of rotatable bonds is 5. The predicted octanol–water partition coefficient (Wildman–Crippen LogP) is 0.118. The van der Waals surface area contributed by atoms with Crippen molar-refractivity contribution in [3.05, 3.63) is 11.4 Å². The molecule has 3 rings (SSSR count). The van der Waals surface area contributed by atoms with Crippen molar-refractivity contribution in [3.8, 4) is 0 Å². The number of nitrogens with zero attached hydrogens (tertiary/aromatic N) is 4. The van der Waals surface area contributed by atoms with Crippen molar-refractivity contribution in [2.24, 2.45) is 0 Å². The molecule has 146 valence electrons. The molecule has 2 aliphatic heterocycles. The van der Waals surface area contributed by atoms with Gasteiger partial charge in [-0.1, -0.05) is 0 Å². The highest BCUT2D eigenvalue weighted by molar-refractivity contribution is 7.91. The molecular formula is C17H29N5O3S. The van der Waals surface area contributed by atoms with Gasteiger partial charge in [-0.3, -0.25) is 14.4 Å². The van der Waals surface area contributed by atoms with Crippen LogP contribution in [0.3, 0.4) is 0 Å². The summed E-state index contributed by atoms with van der Waals surface area (Å²) in [5.41, 5.74) is 3.11. The van der Waals surface area contributed by atoms with E-state index in [9.17, 15) is 13.2 Å². The van der Waals surface area contributed by atoms with Gasteiger partial charge in [0.15, 0.2) is 9.84 Å². The molecule has 0 saturated carbocycles. The van der Waals surface area contributed by atoms with E-state index < -0.39 is 9.84 Å². The van der Waals surface area contributed by atoms with Crippen LogP contribution >= 0.6 is 0 Å². The summed E-state index contributed by atoms with van der Waals surface area (Å²) in [4.78, 5) is 16.2. The minimum absolute atomic E-state index is 0.0496. The first-order valence-electron chi connectivity index (χ1n) is 9.31. The van der Waals surface area contributed by atoms with Gasteiger partial charge in [-0.25, -0.2) is 8.42 Å². The highest BCUT2D eigenvalue weighted by Crippen LogP contribution is 2.31. The number of anilines is 1. The van der Waals surface area contributed by atoms with Crippen molar-refractivity contribution in [2.75, 3.05) is 55.7 Å². The van der Waals surface area contributed by atoms with Gasteiger partial charge >= 0.3 is 0 Å². The van der Waals surface area contributed by atoms with Crippen LogP contribution in [-0.4, -0.2) is 79.8 Å². The minimum atomic E-state index is -2.93. The first-order valence-corrected chi connectivity index (χ1v) is 11.1. The summed E-state index contributed by atoms with van der Waals surface area (Å²) in [6.45, 7) is 10.4. The Morgan fingerprint density at radius 2 is 1.92 bits per heavy atom. The molecule has 1 unspecified atom stereocenters. The molecular weight excluding hydrogens is 354 g/mol. The van der Waals surface area contributed by atoms with Crippen molar-refractivity contribution < 1.29 is 13.2 Å². The van der Waals surface area contributed by atoms with Crippen LogP contribution in [0.1, 0.15) is 30.8 Å². The molecule has 8 nitrogen and oxygen atoms in total. The summed E-state index contributed by atoms with van der Waals surface area (Å²) in [6, 6.07) is -0.0496. The van der Waals surface area contributed by atoms with E-state index in [4.69, 9.17) is 0 Å². The number of likely N-dealkylation sites (N-methyl/N-ethyl adjacent to an activating group) is 1. The summed E-state index contributed by atoms with van der Waals surface area (Å²) in [6.07, 6.45) is 0.643. The zero-order valence-electron chi connectivity index (χ0n) is 15.9. The van der Waals surface area contributed by atoms with E-state index in [1.807, 2.05) is 25.5 Å². The second kappa shape index (κ2) is 7.56. The van der Waals surface area contributed by atoms with Crippen LogP contribution in [0.2, 0.25) is 0 Å². The maximum atomic E-state index is 11.8. The van der Waals surface area contributed by atoms with Crippen molar-refractivity contribution in [1.29, 1.82) is 0 Å². The number of hydrogen-bond donors (Lipinski definition) is 1. The van der Waals surface area contributed by atoms with Crippen LogP contribution in [0, 0.1) is 13.8 Å². The Labute approximate surface area is 155 Å². The Morgan fingerprint density at radius 3 is 2.50 bits per heavy atom. The lowest BCUT2D eigenvalue weighted by Crippen LogP contribution is -2.49. The zero-order valence-corrected chi connectivity index (χ0v) is 16.7. The van der Waals surface area contributed by atoms with E-state index in [1.165, 1.54) is 0 Å². The maximum absolute atomic E-state index is 11.8. The number of carbonyl (C=O) groups is 1. The van der Waals surface area contributed by atoms with Gasteiger partial charge in [0, 0.05) is 32.7 Å². The number of aryl methyl sites for hydroxylation is 1. The molecule has 0 bridgehead atoms. The summed E-state index contributed by atoms with van der Waals surface area (Å²) in [7, 11) is -2.93. The molecule has 1 aromatic rings. The van der Waals surface area contributed by atoms with Crippen molar-refractivity contribution in [1.82, 2.24) is 20.0 Å². The molecule has 1 amide bonds. The third-order valence-corrected chi connectivity index (χ3v) is 7.02. The zero-order chi connectivity index (χ0) is 18.9. The largest absolute Gasteiger partial charge is 0.366 e. The lowest BCUT2D eigenvalue weighted by atomic mass is 10.2. The van der Waals surface area contributed by atoms with Gasteiger partial charge in [-0.2, -0.15) is 5.10 Å². The Morgan fingerprint density at radius 1 is 1.23 bits per heavy atom. The second-order valence-corrected chi connectivity index (χ2v) is 9.47. The predicted molar refractivity (Wildman–Crippen MR) is 101 cm³/mol. The van der Waals surface area contributed by atoms with Crippen LogP contribution in [0.15, 0.2) is 0 Å². The number of aromatic nitrogens is 2. The second-order valence-electron chi connectivity index (χ2n) is 7.24. The Balaban J connectivity index is 1.67. The SMILES string of the molecule is CCNC(=O)CN1CCN(c2c(C)nn(C3CCS(=O)(=O)C3)c2C)CC1. The smallest absolute Gasteiger partial charge is 0.234 e. The van der Waals surface area contributed by atoms with Crippen LogP contribution in [0.5, 0.6) is 0 Å². The number of hydrogen-bond acceptors (Lipinski definition) is 6. The van der Waals surface area contributed by atoms with Crippen molar-refractivity contribution in [3.63, 3.8) is 0 Å². The minimum Gasteiger partial charge on any atom is -0.366 e. The van der Waals surface area contributed by atoms with Gasteiger partial charge in [0.1, 0.15) is 0 Å². The van der Waals surface area contributed by atoms with Gasteiger partial charge in [-0.15, -0.1) is 0 Å². The Hall–Kier alpha value is -1.61. The van der Waals surface area contributed by atoms with Gasteiger partial charge in [0.05, 0.1) is 41.2 Å². The van der Waals surface area contributed by atoms with E-state index in [-0.39, 0.29) is 23.5 Å². The normalized spacial score (nSPS) is 23.3.